The molecule has 0 unspecified atom stereocenters. The first-order chi connectivity index (χ1) is 8.65. The first-order valence-electron chi connectivity index (χ1n) is 6.40. The van der Waals surface area contributed by atoms with Crippen molar-refractivity contribution < 1.29 is 4.79 Å². The molecule has 5 heteroatoms. The Morgan fingerprint density at radius 2 is 2.28 bits per heavy atom. The maximum absolute atomic E-state index is 11.8. The highest BCUT2D eigenvalue weighted by molar-refractivity contribution is 9.11. The summed E-state index contributed by atoms with van der Waals surface area (Å²) in [7, 11) is 0. The third-order valence-electron chi connectivity index (χ3n) is 3.42. The fraction of sp³-hybridized carbons (Fsp3) is 0.615. The van der Waals surface area contributed by atoms with Crippen LogP contribution in [0.2, 0.25) is 0 Å². The normalized spacial score (nSPS) is 17.9. The molecule has 0 saturated carbocycles. The molecule has 18 heavy (non-hydrogen) atoms. The second kappa shape index (κ2) is 6.68. The average Bonchev–Trinajstić information content (AvgIpc) is 2.78. The number of likely N-dealkylation sites (tertiary alicyclic amines) is 1. The van der Waals surface area contributed by atoms with Crippen LogP contribution in [0.4, 0.5) is 0 Å². The van der Waals surface area contributed by atoms with Gasteiger partial charge in [0.25, 0.3) is 5.91 Å². The number of nitrogens with one attached hydrogen (secondary N) is 1. The number of thiophene rings is 1. The van der Waals surface area contributed by atoms with Gasteiger partial charge < -0.3 is 10.2 Å². The molecule has 1 fully saturated rings. The summed E-state index contributed by atoms with van der Waals surface area (Å²) in [5.41, 5.74) is 0.749. The molecule has 1 aliphatic heterocycles. The number of piperidine rings is 1. The lowest BCUT2D eigenvalue weighted by Crippen LogP contribution is -2.39. The lowest BCUT2D eigenvalue weighted by molar-refractivity contribution is 0.0945. The van der Waals surface area contributed by atoms with Gasteiger partial charge in [0.2, 0.25) is 0 Å². The highest BCUT2D eigenvalue weighted by atomic mass is 79.9. The van der Waals surface area contributed by atoms with Gasteiger partial charge in [-0.2, -0.15) is 0 Å². The van der Waals surface area contributed by atoms with E-state index < -0.39 is 0 Å². The smallest absolute Gasteiger partial charge is 0.252 e. The fourth-order valence-electron chi connectivity index (χ4n) is 2.14. The van der Waals surface area contributed by atoms with E-state index in [-0.39, 0.29) is 5.91 Å². The number of carbonyl (C=O) groups is 1. The molecule has 100 valence electrons. The van der Waals surface area contributed by atoms with Crippen LogP contribution in [-0.4, -0.2) is 37.0 Å². The Morgan fingerprint density at radius 3 is 2.89 bits per heavy atom. The van der Waals surface area contributed by atoms with Crippen LogP contribution in [-0.2, 0) is 0 Å². The van der Waals surface area contributed by atoms with E-state index in [1.54, 1.807) is 0 Å². The SMILES string of the molecule is CC1CCN(CCNC(=O)c2csc(Br)c2)CC1. The van der Waals surface area contributed by atoms with Crippen LogP contribution in [0.3, 0.4) is 0 Å². The zero-order chi connectivity index (χ0) is 13.0. The van der Waals surface area contributed by atoms with E-state index >= 15 is 0 Å². The number of hydrogen-bond donors (Lipinski definition) is 1. The highest BCUT2D eigenvalue weighted by Crippen LogP contribution is 2.20. The van der Waals surface area contributed by atoms with Crippen LogP contribution in [0.25, 0.3) is 0 Å². The Labute approximate surface area is 121 Å². The Kier molecular flexibility index (Phi) is 5.21. The number of nitrogens with zero attached hydrogens (tertiary/aromatic N) is 1. The van der Waals surface area contributed by atoms with Gasteiger partial charge in [-0.3, -0.25) is 4.79 Å². The second-order valence-electron chi connectivity index (χ2n) is 4.92. The molecule has 1 amide bonds. The van der Waals surface area contributed by atoms with Crippen molar-refractivity contribution in [3.8, 4) is 0 Å². The summed E-state index contributed by atoms with van der Waals surface area (Å²) in [5, 5.41) is 4.85. The summed E-state index contributed by atoms with van der Waals surface area (Å²) in [5.74, 6) is 0.890. The summed E-state index contributed by atoms with van der Waals surface area (Å²) < 4.78 is 0.998. The average molecular weight is 331 g/mol. The summed E-state index contributed by atoms with van der Waals surface area (Å²) in [6, 6.07) is 1.86. The highest BCUT2D eigenvalue weighted by Gasteiger charge is 2.15. The molecule has 2 heterocycles. The number of hydrogen-bond acceptors (Lipinski definition) is 3. The summed E-state index contributed by atoms with van der Waals surface area (Å²) in [6.45, 7) is 6.35. The van der Waals surface area contributed by atoms with E-state index in [0.29, 0.717) is 0 Å². The summed E-state index contributed by atoms with van der Waals surface area (Å²) in [4.78, 5) is 14.2. The number of halogens is 1. The third kappa shape index (κ3) is 4.07. The van der Waals surface area contributed by atoms with Gasteiger partial charge in [-0.15, -0.1) is 11.3 Å². The topological polar surface area (TPSA) is 32.3 Å². The van der Waals surface area contributed by atoms with E-state index in [4.69, 9.17) is 0 Å². The Hall–Kier alpha value is -0.390. The van der Waals surface area contributed by atoms with Gasteiger partial charge in [0.15, 0.2) is 0 Å². The van der Waals surface area contributed by atoms with E-state index in [2.05, 4.69) is 33.1 Å². The summed E-state index contributed by atoms with van der Waals surface area (Å²) >= 11 is 4.91. The largest absolute Gasteiger partial charge is 0.351 e. The Bertz CT molecular complexity index is 399. The molecule has 0 bridgehead atoms. The molecule has 1 N–H and O–H groups in total. The molecular formula is C13H19BrN2OS. The maximum Gasteiger partial charge on any atom is 0.252 e. The van der Waals surface area contributed by atoms with Gasteiger partial charge in [0.1, 0.15) is 0 Å². The van der Waals surface area contributed by atoms with Gasteiger partial charge >= 0.3 is 0 Å². The Morgan fingerprint density at radius 1 is 1.56 bits per heavy atom. The third-order valence-corrected chi connectivity index (χ3v) is 4.92. The van der Waals surface area contributed by atoms with Crippen molar-refractivity contribution in [2.45, 2.75) is 19.8 Å². The quantitative estimate of drug-likeness (QED) is 0.920. The van der Waals surface area contributed by atoms with Crippen molar-refractivity contribution in [3.05, 3.63) is 20.8 Å². The van der Waals surface area contributed by atoms with Crippen molar-refractivity contribution in [3.63, 3.8) is 0 Å². The van der Waals surface area contributed by atoms with Gasteiger partial charge in [-0.05, 0) is 53.8 Å². The van der Waals surface area contributed by atoms with Crippen LogP contribution in [0.5, 0.6) is 0 Å². The zero-order valence-corrected chi connectivity index (χ0v) is 13.0. The predicted octanol–water partition coefficient (Wildman–Crippen LogP) is 2.97. The van der Waals surface area contributed by atoms with Gasteiger partial charge in [-0.25, -0.2) is 0 Å². The molecule has 0 aromatic carbocycles. The van der Waals surface area contributed by atoms with E-state index in [9.17, 15) is 4.79 Å². The van der Waals surface area contributed by atoms with E-state index in [1.165, 1.54) is 37.3 Å². The van der Waals surface area contributed by atoms with Crippen LogP contribution >= 0.6 is 27.3 Å². The minimum Gasteiger partial charge on any atom is -0.351 e. The standard InChI is InChI=1S/C13H19BrN2OS/c1-10-2-5-16(6-3-10)7-4-15-13(17)11-8-12(14)18-9-11/h8-10H,2-7H2,1H3,(H,15,17). The van der Waals surface area contributed by atoms with Crippen molar-refractivity contribution in [1.29, 1.82) is 0 Å². The lowest BCUT2D eigenvalue weighted by Gasteiger charge is -2.30. The van der Waals surface area contributed by atoms with Gasteiger partial charge in [0, 0.05) is 18.5 Å². The van der Waals surface area contributed by atoms with Crippen LogP contribution in [0.15, 0.2) is 15.2 Å². The van der Waals surface area contributed by atoms with E-state index in [1.807, 2.05) is 11.4 Å². The molecule has 2 rings (SSSR count). The minimum atomic E-state index is 0.0299. The van der Waals surface area contributed by atoms with Crippen LogP contribution in [0, 0.1) is 5.92 Å². The molecule has 0 spiro atoms. The molecular weight excluding hydrogens is 312 g/mol. The van der Waals surface area contributed by atoms with E-state index in [0.717, 1.165) is 28.4 Å². The molecule has 0 radical (unpaired) electrons. The first kappa shape index (κ1) is 14.0. The molecule has 0 aliphatic carbocycles. The molecule has 3 nitrogen and oxygen atoms in total. The van der Waals surface area contributed by atoms with Crippen molar-refractivity contribution in [1.82, 2.24) is 10.2 Å². The van der Waals surface area contributed by atoms with Gasteiger partial charge in [0.05, 0.1) is 9.35 Å². The molecule has 1 aromatic rings. The fourth-order valence-corrected chi connectivity index (χ4v) is 3.28. The molecule has 1 aromatic heterocycles. The lowest BCUT2D eigenvalue weighted by atomic mass is 9.99. The van der Waals surface area contributed by atoms with Crippen LogP contribution < -0.4 is 5.32 Å². The minimum absolute atomic E-state index is 0.0299. The molecule has 1 aliphatic rings. The maximum atomic E-state index is 11.8. The number of carbonyl (C=O) groups excluding carboxylic acids is 1. The molecule has 1 saturated heterocycles. The monoisotopic (exact) mass is 330 g/mol. The Balaban J connectivity index is 1.67. The van der Waals surface area contributed by atoms with Crippen LogP contribution in [0.1, 0.15) is 30.1 Å². The summed E-state index contributed by atoms with van der Waals surface area (Å²) in [6.07, 6.45) is 2.57. The molecule has 0 atom stereocenters. The van der Waals surface area contributed by atoms with Crippen molar-refractivity contribution >= 4 is 33.2 Å². The zero-order valence-electron chi connectivity index (χ0n) is 10.6. The van der Waals surface area contributed by atoms with Crippen molar-refractivity contribution in [2.24, 2.45) is 5.92 Å². The number of amides is 1. The number of rotatable bonds is 4. The van der Waals surface area contributed by atoms with Gasteiger partial charge in [-0.1, -0.05) is 6.92 Å². The van der Waals surface area contributed by atoms with Crippen molar-refractivity contribution in [2.75, 3.05) is 26.2 Å². The second-order valence-corrected chi connectivity index (χ2v) is 7.21. The predicted molar refractivity (Wildman–Crippen MR) is 79.2 cm³/mol. The first-order valence-corrected chi connectivity index (χ1v) is 8.07.